The van der Waals surface area contributed by atoms with E-state index in [2.05, 4.69) is 20.5 Å². The summed E-state index contributed by atoms with van der Waals surface area (Å²) in [6.45, 7) is 3.07. The summed E-state index contributed by atoms with van der Waals surface area (Å²) in [5, 5.41) is 33.7. The van der Waals surface area contributed by atoms with Gasteiger partial charge in [-0.25, -0.2) is 33.7 Å². The van der Waals surface area contributed by atoms with E-state index in [0.29, 0.717) is 22.3 Å². The molecule has 0 amide bonds. The van der Waals surface area contributed by atoms with E-state index in [-0.39, 0.29) is 130 Å². The molecule has 0 unspecified atom stereocenters. The molecule has 0 saturated heterocycles. The maximum Gasteiger partial charge on any atom is 1.00 e. The van der Waals surface area contributed by atoms with E-state index in [1.807, 2.05) is 0 Å². The first-order valence-electron chi connectivity index (χ1n) is 15.8. The molecule has 302 valence electrons. The van der Waals surface area contributed by atoms with Crippen LogP contribution in [0, 0.1) is 13.8 Å². The van der Waals surface area contributed by atoms with Crippen LogP contribution < -0.4 is 130 Å². The summed E-state index contributed by atoms with van der Waals surface area (Å²) in [5.41, 5.74) is 9.56. The number of aryl methyl sites for hydroxylation is 2. The van der Waals surface area contributed by atoms with E-state index >= 15 is 0 Å². The van der Waals surface area contributed by atoms with Crippen molar-refractivity contribution in [1.82, 2.24) is 0 Å². The molecule has 0 fully saturated rings. The zero-order valence-corrected chi connectivity index (χ0v) is 44.6. The maximum absolute atomic E-state index is 12.4. The molecule has 0 bridgehead atoms. The Hall–Kier alpha value is -2.12. The number of azo groups is 2. The van der Waals surface area contributed by atoms with Gasteiger partial charge >= 0.3 is 118 Å². The summed E-state index contributed by atoms with van der Waals surface area (Å²) >= 11 is 0. The predicted octanol–water partition coefficient (Wildman–Crippen LogP) is -6.68. The number of hydrogen-bond acceptors (Lipinski definition) is 20. The molecule has 6 rings (SSSR count). The predicted molar refractivity (Wildman–Crippen MR) is 202 cm³/mol. The van der Waals surface area contributed by atoms with E-state index in [1.54, 1.807) is 12.1 Å². The number of phenolic OH excluding ortho intramolecular Hbond substituents is 2. The van der Waals surface area contributed by atoms with Gasteiger partial charge in [0.15, 0.2) is 0 Å². The van der Waals surface area contributed by atoms with Crippen LogP contribution in [0.2, 0.25) is 0 Å². The first-order chi connectivity index (χ1) is 26.8. The monoisotopic (exact) mass is 960 g/mol. The molecule has 0 atom stereocenters. The van der Waals surface area contributed by atoms with Crippen molar-refractivity contribution >= 4 is 96.1 Å². The molecule has 6 aromatic carbocycles. The minimum absolute atomic E-state index is 0. The van der Waals surface area contributed by atoms with Crippen molar-refractivity contribution in [2.24, 2.45) is 20.5 Å². The van der Waals surface area contributed by atoms with Gasteiger partial charge in [-0.05, 0) is 72.5 Å². The number of nitrogens with zero attached hydrogens (tertiary/aromatic N) is 4. The fraction of sp³-hybridized carbons (Fsp3) is 0.0588. The van der Waals surface area contributed by atoms with Gasteiger partial charge < -0.3 is 39.9 Å². The summed E-state index contributed by atoms with van der Waals surface area (Å²) in [6, 6.07) is 15.4. The van der Waals surface area contributed by atoms with Crippen LogP contribution in [-0.2, 0) is 40.5 Å². The third kappa shape index (κ3) is 11.1. The Morgan fingerprint density at radius 1 is 0.468 bits per heavy atom. The zero-order valence-electron chi connectivity index (χ0n) is 33.3. The Balaban J connectivity index is 0.00000331. The number of hydrogen-bond donors (Lipinski definition) is 4. The van der Waals surface area contributed by atoms with Crippen LogP contribution >= 0.6 is 0 Å². The van der Waals surface area contributed by atoms with E-state index in [0.717, 1.165) is 36.4 Å². The molecule has 0 radical (unpaired) electrons. The number of nitrogens with two attached hydrogens (primary N) is 2. The number of nitrogen functional groups attached to an aromatic ring is 2. The number of benzene rings is 6. The number of fused-ring (bicyclic) bond motifs is 2. The van der Waals surface area contributed by atoms with Gasteiger partial charge in [0, 0.05) is 21.5 Å². The Morgan fingerprint density at radius 2 is 0.774 bits per heavy atom. The van der Waals surface area contributed by atoms with Crippen molar-refractivity contribution in [3.8, 4) is 22.6 Å². The van der Waals surface area contributed by atoms with Gasteiger partial charge in [0.1, 0.15) is 73.1 Å². The van der Waals surface area contributed by atoms with Gasteiger partial charge in [-0.15, -0.1) is 10.2 Å². The molecule has 0 aliphatic heterocycles. The summed E-state index contributed by atoms with van der Waals surface area (Å²) < 4.78 is 148. The van der Waals surface area contributed by atoms with Gasteiger partial charge in [-0.1, -0.05) is 36.4 Å². The van der Waals surface area contributed by atoms with Gasteiger partial charge in [0.2, 0.25) is 0 Å². The quantitative estimate of drug-likeness (QED) is 0.0453. The van der Waals surface area contributed by atoms with Gasteiger partial charge in [0.25, 0.3) is 0 Å². The fourth-order valence-electron chi connectivity index (χ4n) is 6.26. The van der Waals surface area contributed by atoms with E-state index in [4.69, 9.17) is 11.5 Å². The molecule has 0 saturated carbocycles. The minimum Gasteiger partial charge on any atom is -0.744 e. The topological polar surface area (TPSA) is 371 Å². The molecule has 6 aromatic rings. The molecule has 0 heterocycles. The molecular formula is C34H24N6Na4O14S4. The molecule has 0 aromatic heterocycles. The normalized spacial score (nSPS) is 12.2. The number of anilines is 2. The zero-order chi connectivity index (χ0) is 42.9. The molecule has 28 heteroatoms. The summed E-state index contributed by atoms with van der Waals surface area (Å²) in [7, 11) is -22.4. The smallest absolute Gasteiger partial charge is 0.744 e. The fourth-order valence-corrected chi connectivity index (χ4v) is 9.53. The molecule has 0 aliphatic rings. The van der Waals surface area contributed by atoms with Crippen LogP contribution in [0.15, 0.2) is 113 Å². The van der Waals surface area contributed by atoms with E-state index in [1.165, 1.54) is 38.1 Å². The van der Waals surface area contributed by atoms with Crippen molar-refractivity contribution in [2.75, 3.05) is 11.5 Å². The van der Waals surface area contributed by atoms with Crippen molar-refractivity contribution in [2.45, 2.75) is 33.4 Å². The molecule has 0 aliphatic carbocycles. The van der Waals surface area contributed by atoms with Crippen LogP contribution in [0.25, 0.3) is 32.7 Å². The molecule has 62 heavy (non-hydrogen) atoms. The van der Waals surface area contributed by atoms with Crippen LogP contribution in [0.3, 0.4) is 0 Å². The largest absolute Gasteiger partial charge is 1.00 e. The Labute approximate surface area is 442 Å². The second-order valence-electron chi connectivity index (χ2n) is 12.5. The summed E-state index contributed by atoms with van der Waals surface area (Å²) in [5.74, 6) is -1.42. The van der Waals surface area contributed by atoms with Crippen LogP contribution in [0.5, 0.6) is 11.5 Å². The van der Waals surface area contributed by atoms with Crippen LogP contribution in [0.1, 0.15) is 11.1 Å². The average Bonchev–Trinajstić information content (AvgIpc) is 3.08. The first-order valence-corrected chi connectivity index (χ1v) is 21.5. The van der Waals surface area contributed by atoms with Crippen molar-refractivity contribution < 1.29 is 180 Å². The van der Waals surface area contributed by atoms with Gasteiger partial charge in [-0.3, -0.25) is 0 Å². The van der Waals surface area contributed by atoms with Crippen LogP contribution in [-0.4, -0.2) is 62.1 Å². The number of aromatic hydroxyl groups is 2. The Kier molecular flexibility index (Phi) is 18.6. The van der Waals surface area contributed by atoms with E-state index < -0.39 is 116 Å². The molecule has 0 spiro atoms. The van der Waals surface area contributed by atoms with Crippen LogP contribution in [0.4, 0.5) is 34.1 Å². The molecule has 20 nitrogen and oxygen atoms in total. The van der Waals surface area contributed by atoms with Crippen molar-refractivity contribution in [1.29, 1.82) is 0 Å². The third-order valence-electron chi connectivity index (χ3n) is 8.70. The van der Waals surface area contributed by atoms with Crippen molar-refractivity contribution in [3.05, 3.63) is 83.9 Å². The second-order valence-corrected chi connectivity index (χ2v) is 17.7. The van der Waals surface area contributed by atoms with Crippen molar-refractivity contribution in [3.63, 3.8) is 0 Å². The Bertz CT molecular complexity index is 3100. The average molecular weight is 961 g/mol. The number of phenols is 2. The maximum atomic E-state index is 12.4. The first kappa shape index (κ1) is 56.0. The van der Waals surface area contributed by atoms with Gasteiger partial charge in [-0.2, -0.15) is 10.2 Å². The molecular weight excluding hydrogens is 937 g/mol. The summed E-state index contributed by atoms with van der Waals surface area (Å²) in [4.78, 5) is -5.29. The number of rotatable bonds is 9. The summed E-state index contributed by atoms with van der Waals surface area (Å²) in [6.07, 6.45) is 0. The SMILES string of the molecule is Cc1cc(-c2ccc(N=Nc3c(S(=O)(=O)[O-])c(N)c4c(O)cccc4c3S(=O)(=O)[O-])c(C)c2)ccc1N=Nc1c(S(=O)(=O)[O-])c(N)c2c(O)cccc2c1S(=O)(=O)[O-].[Na+].[Na+].[Na+].[Na+]. The standard InChI is InChI=1S/C34H28N6O14S4.4Na/c1-15-13-17(9-11-21(15)37-39-29-31(55(43,44)45)19-5-3-7-23(41)25(19)27(35)33(29)57(49,50)51)18-10-12-22(16(2)14-18)38-40-30-32(56(46,47)48)20-6-4-8-24(42)26(20)28(36)34(30)58(52,53)54;;;;/h3-14,41-42H,35-36H2,1-2H3,(H,43,44,45)(H,46,47,48)(H,49,50,51)(H,52,53,54);;;;/q;4*+1/p-4. The van der Waals surface area contributed by atoms with E-state index in [9.17, 15) is 62.1 Å². The minimum atomic E-state index is -5.62. The second kappa shape index (κ2) is 20.6. The van der Waals surface area contributed by atoms with Gasteiger partial charge in [0.05, 0.1) is 32.5 Å². The third-order valence-corrected chi connectivity index (χ3v) is 12.4. The Morgan fingerprint density at radius 3 is 1.05 bits per heavy atom. The molecule has 6 N–H and O–H groups in total.